The summed E-state index contributed by atoms with van der Waals surface area (Å²) >= 11 is 0. The van der Waals surface area contributed by atoms with Crippen molar-refractivity contribution in [3.8, 4) is 0 Å². The van der Waals surface area contributed by atoms with Gasteiger partial charge in [0.1, 0.15) is 0 Å². The summed E-state index contributed by atoms with van der Waals surface area (Å²) in [6.07, 6.45) is 2.24. The van der Waals surface area contributed by atoms with Gasteiger partial charge in [-0.25, -0.2) is 0 Å². The van der Waals surface area contributed by atoms with Gasteiger partial charge in [-0.15, -0.1) is 0 Å². The Balaban J connectivity index is 3.21. The number of ether oxygens (including phenoxy) is 1. The summed E-state index contributed by atoms with van der Waals surface area (Å²) in [7, 11) is 1.73. The largest absolute Gasteiger partial charge is 0.396 e. The molecule has 3 heteroatoms. The molecule has 0 saturated carbocycles. The monoisotopic (exact) mass is 189 g/mol. The van der Waals surface area contributed by atoms with Crippen LogP contribution in [0.4, 0.5) is 0 Å². The molecule has 0 aliphatic carbocycles. The highest BCUT2D eigenvalue weighted by atomic mass is 16.5. The Morgan fingerprint density at radius 1 is 1.31 bits per heavy atom. The van der Waals surface area contributed by atoms with Gasteiger partial charge in [0.15, 0.2) is 0 Å². The first kappa shape index (κ1) is 12.9. The average molecular weight is 189 g/mol. The second kappa shape index (κ2) is 8.48. The van der Waals surface area contributed by atoms with Crippen LogP contribution in [0.1, 0.15) is 26.7 Å². The first-order valence-corrected chi connectivity index (χ1v) is 5.05. The summed E-state index contributed by atoms with van der Waals surface area (Å²) in [5.41, 5.74) is 0. The molecule has 2 N–H and O–H groups in total. The van der Waals surface area contributed by atoms with Gasteiger partial charge in [0, 0.05) is 26.4 Å². The molecule has 3 nitrogen and oxygen atoms in total. The molecule has 13 heavy (non-hydrogen) atoms. The van der Waals surface area contributed by atoms with Crippen molar-refractivity contribution >= 4 is 0 Å². The topological polar surface area (TPSA) is 41.5 Å². The Hall–Kier alpha value is -0.120. The van der Waals surface area contributed by atoms with E-state index >= 15 is 0 Å². The zero-order valence-corrected chi connectivity index (χ0v) is 9.05. The normalized spacial score (nSPS) is 15.7. The molecule has 0 saturated heterocycles. The van der Waals surface area contributed by atoms with Crippen molar-refractivity contribution in [2.45, 2.75) is 32.7 Å². The number of nitrogens with one attached hydrogen (secondary N) is 1. The Morgan fingerprint density at radius 2 is 2.00 bits per heavy atom. The number of methoxy groups -OCH3 is 1. The van der Waals surface area contributed by atoms with E-state index in [1.165, 1.54) is 0 Å². The molecule has 0 aliphatic rings. The summed E-state index contributed by atoms with van der Waals surface area (Å²) in [6, 6.07) is 0.396. The predicted octanol–water partition coefficient (Wildman–Crippen LogP) is 1.02. The fraction of sp³-hybridized carbons (Fsp3) is 1.00. The minimum atomic E-state index is 0.256. The third-order valence-corrected chi connectivity index (χ3v) is 2.38. The van der Waals surface area contributed by atoms with E-state index in [2.05, 4.69) is 12.2 Å². The molecule has 0 aromatic heterocycles. The van der Waals surface area contributed by atoms with Crippen LogP contribution in [-0.4, -0.2) is 38.0 Å². The molecule has 0 rings (SSSR count). The lowest BCUT2D eigenvalue weighted by Crippen LogP contribution is -2.34. The molecule has 0 bridgehead atoms. The summed E-state index contributed by atoms with van der Waals surface area (Å²) < 4.78 is 4.95. The number of hydrogen-bond acceptors (Lipinski definition) is 3. The van der Waals surface area contributed by atoms with Crippen LogP contribution in [0.3, 0.4) is 0 Å². The van der Waals surface area contributed by atoms with Crippen molar-refractivity contribution < 1.29 is 9.84 Å². The van der Waals surface area contributed by atoms with Gasteiger partial charge in [-0.3, -0.25) is 0 Å². The molecule has 0 radical (unpaired) electrons. The van der Waals surface area contributed by atoms with Crippen LogP contribution >= 0.6 is 0 Å². The van der Waals surface area contributed by atoms with Gasteiger partial charge in [-0.1, -0.05) is 6.92 Å². The van der Waals surface area contributed by atoms with Gasteiger partial charge in [0.25, 0.3) is 0 Å². The van der Waals surface area contributed by atoms with Crippen molar-refractivity contribution in [3.63, 3.8) is 0 Å². The second-order valence-electron chi connectivity index (χ2n) is 3.60. The van der Waals surface area contributed by atoms with Crippen LogP contribution in [0.2, 0.25) is 0 Å². The summed E-state index contributed by atoms with van der Waals surface area (Å²) in [5.74, 6) is 0.336. The number of unbranched alkanes of at least 4 members (excludes halogenated alkanes) is 1. The van der Waals surface area contributed by atoms with E-state index in [0.717, 1.165) is 26.0 Å². The smallest absolute Gasteiger partial charge is 0.0471 e. The molecule has 0 fully saturated rings. The number of rotatable bonds is 8. The molecular formula is C10H23NO2. The van der Waals surface area contributed by atoms with Crippen LogP contribution < -0.4 is 5.32 Å². The molecule has 2 atom stereocenters. The van der Waals surface area contributed by atoms with E-state index in [-0.39, 0.29) is 6.61 Å². The Bertz CT molecular complexity index is 109. The molecule has 2 unspecified atom stereocenters. The quantitative estimate of drug-likeness (QED) is 0.560. The SMILES string of the molecule is COCCCCNC(C)C(C)CO. The molecular weight excluding hydrogens is 166 g/mol. The van der Waals surface area contributed by atoms with E-state index in [0.29, 0.717) is 12.0 Å². The molecule has 0 aliphatic heterocycles. The third kappa shape index (κ3) is 6.99. The molecule has 80 valence electrons. The Kier molecular flexibility index (Phi) is 8.40. The van der Waals surface area contributed by atoms with Crippen molar-refractivity contribution in [2.24, 2.45) is 5.92 Å². The first-order chi connectivity index (χ1) is 6.22. The standard InChI is InChI=1S/C10H23NO2/c1-9(8-12)10(2)11-6-4-5-7-13-3/h9-12H,4-8H2,1-3H3. The van der Waals surface area contributed by atoms with Crippen LogP contribution in [0, 0.1) is 5.92 Å². The lowest BCUT2D eigenvalue weighted by Gasteiger charge is -2.19. The minimum absolute atomic E-state index is 0.256. The van der Waals surface area contributed by atoms with Crippen molar-refractivity contribution in [3.05, 3.63) is 0 Å². The molecule has 0 aromatic carbocycles. The molecule has 0 heterocycles. The van der Waals surface area contributed by atoms with Gasteiger partial charge in [0.2, 0.25) is 0 Å². The maximum Gasteiger partial charge on any atom is 0.0471 e. The number of aliphatic hydroxyl groups is 1. The lowest BCUT2D eigenvalue weighted by atomic mass is 10.1. The van der Waals surface area contributed by atoms with Crippen LogP contribution in [0.25, 0.3) is 0 Å². The van der Waals surface area contributed by atoms with Crippen LogP contribution in [0.5, 0.6) is 0 Å². The van der Waals surface area contributed by atoms with Gasteiger partial charge >= 0.3 is 0 Å². The minimum Gasteiger partial charge on any atom is -0.396 e. The van der Waals surface area contributed by atoms with Crippen molar-refractivity contribution in [2.75, 3.05) is 26.9 Å². The van der Waals surface area contributed by atoms with Crippen molar-refractivity contribution in [1.29, 1.82) is 0 Å². The Morgan fingerprint density at radius 3 is 2.54 bits per heavy atom. The molecule has 0 amide bonds. The van der Waals surface area contributed by atoms with Gasteiger partial charge < -0.3 is 15.2 Å². The lowest BCUT2D eigenvalue weighted by molar-refractivity contribution is 0.188. The fourth-order valence-electron chi connectivity index (χ4n) is 1.06. The van der Waals surface area contributed by atoms with Crippen LogP contribution in [-0.2, 0) is 4.74 Å². The number of aliphatic hydroxyl groups excluding tert-OH is 1. The first-order valence-electron chi connectivity index (χ1n) is 5.05. The van der Waals surface area contributed by atoms with Gasteiger partial charge in [-0.2, -0.15) is 0 Å². The highest BCUT2D eigenvalue weighted by Gasteiger charge is 2.08. The zero-order valence-electron chi connectivity index (χ0n) is 9.05. The van der Waals surface area contributed by atoms with Crippen molar-refractivity contribution in [1.82, 2.24) is 5.32 Å². The highest BCUT2D eigenvalue weighted by molar-refractivity contribution is 4.66. The summed E-state index contributed by atoms with van der Waals surface area (Å²) in [5, 5.41) is 12.3. The highest BCUT2D eigenvalue weighted by Crippen LogP contribution is 2.00. The van der Waals surface area contributed by atoms with Gasteiger partial charge in [0.05, 0.1) is 0 Å². The number of hydrogen-bond donors (Lipinski definition) is 2. The van der Waals surface area contributed by atoms with E-state index in [4.69, 9.17) is 9.84 Å². The molecule has 0 aromatic rings. The average Bonchev–Trinajstić information content (AvgIpc) is 2.16. The zero-order chi connectivity index (χ0) is 10.1. The summed E-state index contributed by atoms with van der Waals surface area (Å²) in [6.45, 7) is 6.26. The van der Waals surface area contributed by atoms with E-state index < -0.39 is 0 Å². The van der Waals surface area contributed by atoms with E-state index in [1.807, 2.05) is 6.92 Å². The van der Waals surface area contributed by atoms with Crippen LogP contribution in [0.15, 0.2) is 0 Å². The van der Waals surface area contributed by atoms with Gasteiger partial charge in [-0.05, 0) is 32.2 Å². The second-order valence-corrected chi connectivity index (χ2v) is 3.60. The fourth-order valence-corrected chi connectivity index (χ4v) is 1.06. The third-order valence-electron chi connectivity index (χ3n) is 2.38. The predicted molar refractivity (Wildman–Crippen MR) is 54.8 cm³/mol. The Labute approximate surface area is 81.5 Å². The maximum atomic E-state index is 8.89. The molecule has 0 spiro atoms. The van der Waals surface area contributed by atoms with E-state index in [9.17, 15) is 0 Å². The van der Waals surface area contributed by atoms with E-state index in [1.54, 1.807) is 7.11 Å². The maximum absolute atomic E-state index is 8.89. The summed E-state index contributed by atoms with van der Waals surface area (Å²) in [4.78, 5) is 0.